The molecular weight excluding hydrogens is 423 g/mol. The van der Waals surface area contributed by atoms with Gasteiger partial charge in [0, 0.05) is 40.6 Å². The molecule has 3 heterocycles. The molecule has 7 heteroatoms. The van der Waals surface area contributed by atoms with E-state index in [2.05, 4.69) is 10.3 Å². The molecular formula is C26H19FN2O4. The van der Waals surface area contributed by atoms with Crippen LogP contribution in [0.15, 0.2) is 80.8 Å². The summed E-state index contributed by atoms with van der Waals surface area (Å²) in [6.07, 6.45) is 5.15. The third kappa shape index (κ3) is 4.01. The molecule has 164 valence electrons. The average molecular weight is 442 g/mol. The van der Waals surface area contributed by atoms with Gasteiger partial charge < -0.3 is 14.2 Å². The maximum atomic E-state index is 13.3. The van der Waals surface area contributed by atoms with Crippen LogP contribution in [0.1, 0.15) is 17.5 Å². The van der Waals surface area contributed by atoms with Gasteiger partial charge in [0.15, 0.2) is 0 Å². The number of carbonyl (C=O) groups excluding carboxylic acids is 1. The fraction of sp³-hybridized carbons (Fsp3) is 0.115. The molecule has 0 saturated heterocycles. The Bertz CT molecular complexity index is 1540. The van der Waals surface area contributed by atoms with E-state index >= 15 is 0 Å². The molecule has 5 rings (SSSR count). The van der Waals surface area contributed by atoms with Crippen LogP contribution in [0, 0.1) is 12.7 Å². The third-order valence-electron chi connectivity index (χ3n) is 5.68. The Hall–Kier alpha value is -4.26. The lowest BCUT2D eigenvalue weighted by Crippen LogP contribution is -2.16. The molecule has 6 nitrogen and oxygen atoms in total. The molecule has 33 heavy (non-hydrogen) atoms. The number of rotatable bonds is 5. The van der Waals surface area contributed by atoms with Crippen molar-refractivity contribution in [3.63, 3.8) is 0 Å². The van der Waals surface area contributed by atoms with Crippen LogP contribution in [0.3, 0.4) is 0 Å². The molecule has 2 aromatic carbocycles. The van der Waals surface area contributed by atoms with Crippen LogP contribution >= 0.6 is 0 Å². The first-order valence-corrected chi connectivity index (χ1v) is 10.4. The first kappa shape index (κ1) is 20.6. The topological polar surface area (TPSA) is 85.3 Å². The molecule has 0 saturated carbocycles. The Balaban J connectivity index is 1.49. The number of nitrogens with zero attached hydrogens (tertiary/aromatic N) is 1. The van der Waals surface area contributed by atoms with Crippen molar-refractivity contribution in [2.24, 2.45) is 0 Å². The van der Waals surface area contributed by atoms with Crippen LogP contribution in [-0.4, -0.2) is 10.9 Å². The molecule has 5 aromatic rings. The summed E-state index contributed by atoms with van der Waals surface area (Å²) < 4.78 is 24.6. The number of carbonyl (C=O) groups is 1. The number of amides is 1. The van der Waals surface area contributed by atoms with E-state index in [-0.39, 0.29) is 24.6 Å². The highest BCUT2D eigenvalue weighted by Gasteiger charge is 2.17. The van der Waals surface area contributed by atoms with Crippen molar-refractivity contribution in [2.45, 2.75) is 19.8 Å². The maximum Gasteiger partial charge on any atom is 0.339 e. The summed E-state index contributed by atoms with van der Waals surface area (Å²) >= 11 is 0. The first-order valence-electron chi connectivity index (χ1n) is 10.4. The van der Waals surface area contributed by atoms with Crippen molar-refractivity contribution in [2.75, 3.05) is 5.32 Å². The van der Waals surface area contributed by atoms with Gasteiger partial charge in [-0.05, 0) is 54.8 Å². The lowest BCUT2D eigenvalue weighted by Gasteiger charge is -2.09. The fourth-order valence-electron chi connectivity index (χ4n) is 3.95. The molecule has 0 aliphatic rings. The monoisotopic (exact) mass is 442 g/mol. The first-order chi connectivity index (χ1) is 16.0. The van der Waals surface area contributed by atoms with Gasteiger partial charge in [0.2, 0.25) is 5.91 Å². The van der Waals surface area contributed by atoms with E-state index in [1.165, 1.54) is 12.1 Å². The molecule has 0 atom stereocenters. The van der Waals surface area contributed by atoms with E-state index in [1.54, 1.807) is 49.0 Å². The Kier molecular flexibility index (Phi) is 5.22. The van der Waals surface area contributed by atoms with E-state index in [0.29, 0.717) is 22.4 Å². The van der Waals surface area contributed by atoms with Crippen LogP contribution < -0.4 is 10.9 Å². The molecule has 0 bridgehead atoms. The molecule has 3 aromatic heterocycles. The van der Waals surface area contributed by atoms with Gasteiger partial charge in [0.25, 0.3) is 0 Å². The molecule has 0 unspecified atom stereocenters. The Morgan fingerprint density at radius 2 is 1.91 bits per heavy atom. The SMILES string of the molecule is Cc1c(CCC(=O)Nc2cccnc2)c(=O)oc2cc3occ(-c4ccc(F)cc4)c3cc12. The van der Waals surface area contributed by atoms with Gasteiger partial charge in [0.1, 0.15) is 17.0 Å². The number of aromatic nitrogens is 1. The summed E-state index contributed by atoms with van der Waals surface area (Å²) in [7, 11) is 0. The summed E-state index contributed by atoms with van der Waals surface area (Å²) in [6.45, 7) is 1.84. The number of hydrogen-bond donors (Lipinski definition) is 1. The lowest BCUT2D eigenvalue weighted by atomic mass is 9.99. The van der Waals surface area contributed by atoms with Crippen molar-refractivity contribution >= 4 is 33.5 Å². The van der Waals surface area contributed by atoms with Gasteiger partial charge in [-0.1, -0.05) is 12.1 Å². The second-order valence-corrected chi connectivity index (χ2v) is 7.78. The molecule has 0 aliphatic carbocycles. The fourth-order valence-corrected chi connectivity index (χ4v) is 3.95. The molecule has 0 fully saturated rings. The summed E-state index contributed by atoms with van der Waals surface area (Å²) in [5.41, 5.74) is 3.94. The zero-order chi connectivity index (χ0) is 22.9. The zero-order valence-corrected chi connectivity index (χ0v) is 17.7. The Morgan fingerprint density at radius 1 is 1.09 bits per heavy atom. The van der Waals surface area contributed by atoms with E-state index in [4.69, 9.17) is 8.83 Å². The highest BCUT2D eigenvalue weighted by Crippen LogP contribution is 2.34. The van der Waals surface area contributed by atoms with Gasteiger partial charge in [-0.3, -0.25) is 9.78 Å². The number of benzene rings is 2. The third-order valence-corrected chi connectivity index (χ3v) is 5.68. The Morgan fingerprint density at radius 3 is 2.67 bits per heavy atom. The number of anilines is 1. The minimum atomic E-state index is -0.473. The van der Waals surface area contributed by atoms with Gasteiger partial charge in [-0.25, -0.2) is 9.18 Å². The second kappa shape index (κ2) is 8.35. The van der Waals surface area contributed by atoms with E-state index in [0.717, 1.165) is 27.5 Å². The van der Waals surface area contributed by atoms with Crippen LogP contribution in [0.5, 0.6) is 0 Å². The van der Waals surface area contributed by atoms with Crippen molar-refractivity contribution in [3.05, 3.63) is 94.6 Å². The standard InChI is InChI=1S/C26H19FN2O4/c1-15-19(8-9-25(30)29-18-3-2-10-28-13-18)26(31)33-24-12-23-21(11-20(15)24)22(14-32-23)16-4-6-17(27)7-5-16/h2-7,10-14H,8-9H2,1H3,(H,29,30). The molecule has 1 amide bonds. The van der Waals surface area contributed by atoms with Crippen molar-refractivity contribution in [1.29, 1.82) is 0 Å². The highest BCUT2D eigenvalue weighted by molar-refractivity contribution is 6.02. The summed E-state index contributed by atoms with van der Waals surface area (Å²) in [6, 6.07) is 13.2. The minimum absolute atomic E-state index is 0.126. The lowest BCUT2D eigenvalue weighted by molar-refractivity contribution is -0.116. The summed E-state index contributed by atoms with van der Waals surface area (Å²) in [4.78, 5) is 28.9. The van der Waals surface area contributed by atoms with Gasteiger partial charge >= 0.3 is 5.63 Å². The second-order valence-electron chi connectivity index (χ2n) is 7.78. The molecule has 0 aliphatic heterocycles. The molecule has 0 spiro atoms. The number of pyridine rings is 1. The normalized spacial score (nSPS) is 11.2. The van der Waals surface area contributed by atoms with Crippen LogP contribution in [0.2, 0.25) is 0 Å². The number of hydrogen-bond acceptors (Lipinski definition) is 5. The number of furan rings is 1. The summed E-state index contributed by atoms with van der Waals surface area (Å²) in [5.74, 6) is -0.530. The summed E-state index contributed by atoms with van der Waals surface area (Å²) in [5, 5.41) is 4.35. The van der Waals surface area contributed by atoms with E-state index < -0.39 is 5.63 Å². The van der Waals surface area contributed by atoms with E-state index in [9.17, 15) is 14.0 Å². The van der Waals surface area contributed by atoms with Crippen molar-refractivity contribution in [1.82, 2.24) is 4.98 Å². The van der Waals surface area contributed by atoms with E-state index in [1.807, 2.05) is 13.0 Å². The molecule has 1 N–H and O–H groups in total. The highest BCUT2D eigenvalue weighted by atomic mass is 19.1. The quantitative estimate of drug-likeness (QED) is 0.357. The maximum absolute atomic E-state index is 13.3. The smallest absolute Gasteiger partial charge is 0.339 e. The number of nitrogens with one attached hydrogen (secondary N) is 1. The predicted octanol–water partition coefficient (Wildman–Crippen LogP) is 5.62. The minimum Gasteiger partial charge on any atom is -0.464 e. The van der Waals surface area contributed by atoms with Crippen molar-refractivity contribution in [3.8, 4) is 11.1 Å². The largest absolute Gasteiger partial charge is 0.464 e. The predicted molar refractivity (Wildman–Crippen MR) is 124 cm³/mol. The van der Waals surface area contributed by atoms with Gasteiger partial charge in [-0.2, -0.15) is 0 Å². The number of aryl methyl sites for hydroxylation is 1. The Labute approximate surface area is 187 Å². The van der Waals surface area contributed by atoms with Gasteiger partial charge in [0.05, 0.1) is 18.1 Å². The van der Waals surface area contributed by atoms with Crippen LogP contribution in [0.25, 0.3) is 33.1 Å². The zero-order valence-electron chi connectivity index (χ0n) is 17.7. The van der Waals surface area contributed by atoms with Crippen molar-refractivity contribution < 1.29 is 18.0 Å². The van der Waals surface area contributed by atoms with Gasteiger partial charge in [-0.15, -0.1) is 0 Å². The van der Waals surface area contributed by atoms with Crippen LogP contribution in [-0.2, 0) is 11.2 Å². The number of fused-ring (bicyclic) bond motifs is 2. The number of halogens is 1. The van der Waals surface area contributed by atoms with Crippen LogP contribution in [0.4, 0.5) is 10.1 Å². The molecule has 0 radical (unpaired) electrons. The average Bonchev–Trinajstić information content (AvgIpc) is 3.22.